The first-order valence-electron chi connectivity index (χ1n) is 5.59. The van der Waals surface area contributed by atoms with Crippen LogP contribution in [0.3, 0.4) is 0 Å². The summed E-state index contributed by atoms with van der Waals surface area (Å²) >= 11 is 1.73. The van der Waals surface area contributed by atoms with Crippen LogP contribution in [-0.2, 0) is 4.74 Å². The predicted octanol–water partition coefficient (Wildman–Crippen LogP) is 2.67. The van der Waals surface area contributed by atoms with Crippen molar-refractivity contribution in [2.45, 2.75) is 38.3 Å². The largest absolute Gasteiger partial charge is 0.371 e. The van der Waals surface area contributed by atoms with E-state index in [1.165, 1.54) is 6.42 Å². The number of rotatable bonds is 4. The minimum Gasteiger partial charge on any atom is -0.371 e. The van der Waals surface area contributed by atoms with Crippen molar-refractivity contribution in [1.82, 2.24) is 10.3 Å². The van der Waals surface area contributed by atoms with Gasteiger partial charge in [0.05, 0.1) is 5.69 Å². The molecule has 2 heterocycles. The molecule has 4 heteroatoms. The molecule has 0 amide bonds. The lowest BCUT2D eigenvalue weighted by molar-refractivity contribution is 0.111. The number of aromatic nitrogens is 1. The predicted molar refractivity (Wildman–Crippen MR) is 62.1 cm³/mol. The molecule has 0 spiro atoms. The van der Waals surface area contributed by atoms with Gasteiger partial charge in [-0.15, -0.1) is 11.3 Å². The van der Waals surface area contributed by atoms with Crippen molar-refractivity contribution >= 4 is 11.3 Å². The number of nitrogens with zero attached hydrogens (tertiary/aromatic N) is 1. The molecule has 84 valence electrons. The highest BCUT2D eigenvalue weighted by atomic mass is 32.1. The fraction of sp³-hybridized carbons (Fsp3) is 0.727. The Labute approximate surface area is 94.9 Å². The van der Waals surface area contributed by atoms with Gasteiger partial charge < -0.3 is 10.1 Å². The van der Waals surface area contributed by atoms with Crippen LogP contribution in [0.25, 0.3) is 0 Å². The van der Waals surface area contributed by atoms with E-state index in [9.17, 15) is 0 Å². The van der Waals surface area contributed by atoms with Gasteiger partial charge in [0.25, 0.3) is 0 Å². The van der Waals surface area contributed by atoms with Crippen molar-refractivity contribution < 1.29 is 4.74 Å². The average molecular weight is 226 g/mol. The molecule has 0 aliphatic carbocycles. The maximum atomic E-state index is 5.63. The average Bonchev–Trinajstić information content (AvgIpc) is 2.89. The van der Waals surface area contributed by atoms with Crippen LogP contribution in [0.15, 0.2) is 5.38 Å². The van der Waals surface area contributed by atoms with Gasteiger partial charge in [0, 0.05) is 18.0 Å². The molecule has 15 heavy (non-hydrogen) atoms. The van der Waals surface area contributed by atoms with E-state index in [4.69, 9.17) is 4.74 Å². The van der Waals surface area contributed by atoms with Gasteiger partial charge in [-0.3, -0.25) is 0 Å². The van der Waals surface area contributed by atoms with Crippen LogP contribution < -0.4 is 5.32 Å². The maximum Gasteiger partial charge on any atom is 0.122 e. The zero-order chi connectivity index (χ0) is 10.7. The van der Waals surface area contributed by atoms with Crippen molar-refractivity contribution in [3.8, 4) is 0 Å². The highest BCUT2D eigenvalue weighted by Crippen LogP contribution is 2.32. The van der Waals surface area contributed by atoms with Gasteiger partial charge >= 0.3 is 0 Å². The highest BCUT2D eigenvalue weighted by Gasteiger charge is 2.22. The summed E-state index contributed by atoms with van der Waals surface area (Å²) in [6.45, 7) is 3.06. The summed E-state index contributed by atoms with van der Waals surface area (Å²) in [6, 6.07) is 0.386. The molecule has 1 N–H and O–H groups in total. The number of hydrogen-bond donors (Lipinski definition) is 1. The van der Waals surface area contributed by atoms with E-state index in [-0.39, 0.29) is 6.10 Å². The second kappa shape index (κ2) is 5.05. The Bertz CT molecular complexity index is 287. The first kappa shape index (κ1) is 11.0. The van der Waals surface area contributed by atoms with Gasteiger partial charge in [0.1, 0.15) is 11.1 Å². The van der Waals surface area contributed by atoms with Gasteiger partial charge in [-0.05, 0) is 26.3 Å². The number of thiazole rings is 1. The second-order valence-corrected chi connectivity index (χ2v) is 4.75. The first-order valence-corrected chi connectivity index (χ1v) is 6.47. The summed E-state index contributed by atoms with van der Waals surface area (Å²) in [6.07, 6.45) is 3.63. The topological polar surface area (TPSA) is 34.1 Å². The Morgan fingerprint density at radius 3 is 3.20 bits per heavy atom. The summed E-state index contributed by atoms with van der Waals surface area (Å²) in [7, 11) is 1.99. The first-order chi connectivity index (χ1) is 7.35. The normalized spacial score (nSPS) is 23.2. The fourth-order valence-corrected chi connectivity index (χ4v) is 2.90. The van der Waals surface area contributed by atoms with E-state index < -0.39 is 0 Å². The monoisotopic (exact) mass is 226 g/mol. The zero-order valence-electron chi connectivity index (χ0n) is 9.32. The molecular formula is C11H18N2OS. The maximum absolute atomic E-state index is 5.63. The van der Waals surface area contributed by atoms with Gasteiger partial charge in [-0.25, -0.2) is 4.98 Å². The Morgan fingerprint density at radius 2 is 2.60 bits per heavy atom. The summed E-state index contributed by atoms with van der Waals surface area (Å²) in [4.78, 5) is 4.67. The van der Waals surface area contributed by atoms with Crippen molar-refractivity contribution in [2.24, 2.45) is 0 Å². The van der Waals surface area contributed by atoms with Crippen LogP contribution in [0.1, 0.15) is 49.0 Å². The number of ether oxygens (including phenoxy) is 1. The molecule has 3 nitrogen and oxygen atoms in total. The van der Waals surface area contributed by atoms with Gasteiger partial charge in [0.15, 0.2) is 0 Å². The lowest BCUT2D eigenvalue weighted by Gasteiger charge is -2.10. The number of hydrogen-bond acceptors (Lipinski definition) is 4. The second-order valence-electron chi connectivity index (χ2n) is 3.86. The van der Waals surface area contributed by atoms with E-state index >= 15 is 0 Å². The van der Waals surface area contributed by atoms with Gasteiger partial charge in [-0.2, -0.15) is 0 Å². The standard InChI is InChI=1S/C11H18N2OS/c1-3-8(12-2)9-7-15-11(13-9)10-5-4-6-14-10/h7-8,10,12H,3-6H2,1-2H3. The molecule has 1 aromatic rings. The molecule has 2 unspecified atom stereocenters. The molecule has 2 rings (SSSR count). The molecule has 1 aliphatic heterocycles. The Balaban J connectivity index is 2.08. The van der Waals surface area contributed by atoms with Crippen molar-refractivity contribution in [3.63, 3.8) is 0 Å². The van der Waals surface area contributed by atoms with Crippen molar-refractivity contribution in [3.05, 3.63) is 16.1 Å². The molecular weight excluding hydrogens is 208 g/mol. The molecule has 1 aromatic heterocycles. The molecule has 0 aromatic carbocycles. The van der Waals surface area contributed by atoms with E-state index in [0.29, 0.717) is 6.04 Å². The molecule has 0 radical (unpaired) electrons. The summed E-state index contributed by atoms with van der Waals surface area (Å²) < 4.78 is 5.63. The Morgan fingerprint density at radius 1 is 1.73 bits per heavy atom. The van der Waals surface area contributed by atoms with E-state index in [0.717, 1.165) is 30.2 Å². The van der Waals surface area contributed by atoms with Crippen LogP contribution in [0.4, 0.5) is 0 Å². The molecule has 1 saturated heterocycles. The van der Waals surface area contributed by atoms with E-state index in [1.807, 2.05) is 7.05 Å². The third kappa shape index (κ3) is 2.38. The summed E-state index contributed by atoms with van der Waals surface area (Å²) in [5.41, 5.74) is 1.16. The van der Waals surface area contributed by atoms with Crippen LogP contribution in [0.2, 0.25) is 0 Å². The van der Waals surface area contributed by atoms with Gasteiger partial charge in [0.2, 0.25) is 0 Å². The fourth-order valence-electron chi connectivity index (χ4n) is 1.94. The molecule has 0 bridgehead atoms. The summed E-state index contributed by atoms with van der Waals surface area (Å²) in [5, 5.41) is 6.58. The van der Waals surface area contributed by atoms with E-state index in [2.05, 4.69) is 22.6 Å². The Kier molecular flexibility index (Phi) is 3.72. The molecule has 2 atom stereocenters. The molecule has 1 aliphatic rings. The van der Waals surface area contributed by atoms with Crippen LogP contribution in [-0.4, -0.2) is 18.6 Å². The third-order valence-corrected chi connectivity index (χ3v) is 3.81. The van der Waals surface area contributed by atoms with Crippen molar-refractivity contribution in [2.75, 3.05) is 13.7 Å². The lowest BCUT2D eigenvalue weighted by atomic mass is 10.2. The van der Waals surface area contributed by atoms with Crippen LogP contribution in [0, 0.1) is 0 Å². The zero-order valence-corrected chi connectivity index (χ0v) is 10.1. The van der Waals surface area contributed by atoms with Crippen molar-refractivity contribution in [1.29, 1.82) is 0 Å². The van der Waals surface area contributed by atoms with Gasteiger partial charge in [-0.1, -0.05) is 6.92 Å². The highest BCUT2D eigenvalue weighted by molar-refractivity contribution is 7.09. The van der Waals surface area contributed by atoms with E-state index in [1.54, 1.807) is 11.3 Å². The van der Waals surface area contributed by atoms with Crippen LogP contribution in [0.5, 0.6) is 0 Å². The number of nitrogens with one attached hydrogen (secondary N) is 1. The quantitative estimate of drug-likeness (QED) is 0.857. The SMILES string of the molecule is CCC(NC)c1csc(C2CCCO2)n1. The Hall–Kier alpha value is -0.450. The third-order valence-electron chi connectivity index (χ3n) is 2.86. The minimum atomic E-state index is 0.262. The molecule has 1 fully saturated rings. The minimum absolute atomic E-state index is 0.262. The molecule has 0 saturated carbocycles. The smallest absolute Gasteiger partial charge is 0.122 e. The summed E-state index contributed by atoms with van der Waals surface area (Å²) in [5.74, 6) is 0. The van der Waals surface area contributed by atoms with Crippen LogP contribution >= 0.6 is 11.3 Å². The lowest BCUT2D eigenvalue weighted by Crippen LogP contribution is -2.15.